The number of nitrogens with zero attached hydrogens (tertiary/aromatic N) is 1. The van der Waals surface area contributed by atoms with Crippen LogP contribution in [0, 0.1) is 0 Å². The third-order valence-corrected chi connectivity index (χ3v) is 1.83. The Morgan fingerprint density at radius 3 is 2.71 bits per heavy atom. The van der Waals surface area contributed by atoms with Crippen molar-refractivity contribution in [3.63, 3.8) is 0 Å². The van der Waals surface area contributed by atoms with E-state index in [0.717, 1.165) is 0 Å². The molecule has 1 aromatic rings. The van der Waals surface area contributed by atoms with Crippen molar-refractivity contribution < 1.29 is 10.2 Å². The maximum absolute atomic E-state index is 10.7. The van der Waals surface area contributed by atoms with E-state index in [4.69, 9.17) is 5.73 Å². The number of aliphatic hydroxyl groups excluding tert-OH is 2. The third kappa shape index (κ3) is 2.63. The molecule has 0 amide bonds. The van der Waals surface area contributed by atoms with Crippen LogP contribution < -0.4 is 11.3 Å². The fourth-order valence-corrected chi connectivity index (χ4v) is 1.05. The highest BCUT2D eigenvalue weighted by Crippen LogP contribution is 2.14. The van der Waals surface area contributed by atoms with Gasteiger partial charge in [0.05, 0.1) is 11.8 Å². The second-order valence-corrected chi connectivity index (χ2v) is 2.94. The fourth-order valence-electron chi connectivity index (χ4n) is 1.05. The molecule has 0 saturated carbocycles. The van der Waals surface area contributed by atoms with E-state index < -0.39 is 12.2 Å². The molecule has 1 aromatic heterocycles. The predicted molar refractivity (Wildman–Crippen MR) is 49.5 cm³/mol. The number of H-pyrrole nitrogens is 1. The zero-order valence-electron chi connectivity index (χ0n) is 7.55. The molecule has 0 radical (unpaired) electrons. The van der Waals surface area contributed by atoms with Gasteiger partial charge in [-0.05, 0) is 19.0 Å². The molecule has 2 atom stereocenters. The maximum atomic E-state index is 10.7. The number of hydrogen-bond acceptors (Lipinski definition) is 5. The normalized spacial score (nSPS) is 15.1. The number of nitrogens with one attached hydrogen (secondary N) is 1. The van der Waals surface area contributed by atoms with Crippen molar-refractivity contribution in [3.05, 3.63) is 28.2 Å². The van der Waals surface area contributed by atoms with Crippen LogP contribution in [-0.4, -0.2) is 33.1 Å². The summed E-state index contributed by atoms with van der Waals surface area (Å²) in [6.07, 6.45) is -1.80. The Hall–Kier alpha value is -1.24. The van der Waals surface area contributed by atoms with Gasteiger partial charge in [0.1, 0.15) is 6.10 Å². The van der Waals surface area contributed by atoms with Crippen LogP contribution in [0.4, 0.5) is 0 Å². The van der Waals surface area contributed by atoms with E-state index in [2.05, 4.69) is 10.2 Å². The Labute approximate surface area is 80.4 Å². The zero-order chi connectivity index (χ0) is 10.6. The highest BCUT2D eigenvalue weighted by molar-refractivity contribution is 5.04. The molecule has 6 nitrogen and oxygen atoms in total. The van der Waals surface area contributed by atoms with E-state index in [1.165, 1.54) is 12.1 Å². The highest BCUT2D eigenvalue weighted by Gasteiger charge is 2.18. The summed E-state index contributed by atoms with van der Waals surface area (Å²) in [7, 11) is 0. The molecule has 0 bridgehead atoms. The van der Waals surface area contributed by atoms with Crippen LogP contribution in [0.2, 0.25) is 0 Å². The van der Waals surface area contributed by atoms with Crippen LogP contribution in [0.3, 0.4) is 0 Å². The van der Waals surface area contributed by atoms with Crippen molar-refractivity contribution in [2.75, 3.05) is 6.54 Å². The molecule has 0 aliphatic heterocycles. The summed E-state index contributed by atoms with van der Waals surface area (Å²) in [6, 6.07) is 2.60. The average Bonchev–Trinajstić information content (AvgIpc) is 2.18. The van der Waals surface area contributed by atoms with Crippen LogP contribution in [0.25, 0.3) is 0 Å². The van der Waals surface area contributed by atoms with Gasteiger partial charge >= 0.3 is 0 Å². The van der Waals surface area contributed by atoms with Gasteiger partial charge < -0.3 is 15.9 Å². The van der Waals surface area contributed by atoms with E-state index in [1.807, 2.05) is 0 Å². The lowest BCUT2D eigenvalue weighted by molar-refractivity contribution is 0.0119. The summed E-state index contributed by atoms with van der Waals surface area (Å²) in [5.74, 6) is 0. The summed E-state index contributed by atoms with van der Waals surface area (Å²) >= 11 is 0. The molecule has 0 spiro atoms. The Kier molecular flexibility index (Phi) is 3.75. The van der Waals surface area contributed by atoms with Gasteiger partial charge in [-0.15, -0.1) is 0 Å². The Balaban J connectivity index is 2.73. The van der Waals surface area contributed by atoms with Crippen molar-refractivity contribution in [1.29, 1.82) is 0 Å². The third-order valence-electron chi connectivity index (χ3n) is 1.83. The summed E-state index contributed by atoms with van der Waals surface area (Å²) in [4.78, 5) is 10.7. The molecular formula is C8H13N3O3. The van der Waals surface area contributed by atoms with Crippen molar-refractivity contribution in [2.45, 2.75) is 18.6 Å². The minimum atomic E-state index is -1.12. The first-order chi connectivity index (χ1) is 6.65. The molecule has 0 aromatic carbocycles. The highest BCUT2D eigenvalue weighted by atomic mass is 16.3. The second kappa shape index (κ2) is 4.85. The van der Waals surface area contributed by atoms with E-state index in [0.29, 0.717) is 0 Å². The van der Waals surface area contributed by atoms with Crippen LogP contribution >= 0.6 is 0 Å². The smallest absolute Gasteiger partial charge is 0.264 e. The quantitative estimate of drug-likeness (QED) is 0.472. The first-order valence-electron chi connectivity index (χ1n) is 4.27. The topological polar surface area (TPSA) is 112 Å². The number of aliphatic hydroxyl groups is 2. The lowest BCUT2D eigenvalue weighted by atomic mass is 10.1. The molecule has 78 valence electrons. The van der Waals surface area contributed by atoms with Crippen molar-refractivity contribution >= 4 is 0 Å². The first-order valence-corrected chi connectivity index (χ1v) is 4.27. The minimum Gasteiger partial charge on any atom is -0.390 e. The van der Waals surface area contributed by atoms with Gasteiger partial charge in [0.2, 0.25) is 0 Å². The van der Waals surface area contributed by atoms with Crippen LogP contribution in [0.1, 0.15) is 18.2 Å². The molecular weight excluding hydrogens is 186 g/mol. The monoisotopic (exact) mass is 199 g/mol. The zero-order valence-corrected chi connectivity index (χ0v) is 7.55. The molecule has 5 N–H and O–H groups in total. The van der Waals surface area contributed by atoms with Gasteiger partial charge in [-0.25, -0.2) is 5.10 Å². The maximum Gasteiger partial charge on any atom is 0.264 e. The molecule has 1 rings (SSSR count). The summed E-state index contributed by atoms with van der Waals surface area (Å²) in [5, 5.41) is 24.7. The fraction of sp³-hybridized carbons (Fsp3) is 0.500. The van der Waals surface area contributed by atoms with Crippen LogP contribution in [-0.2, 0) is 0 Å². The molecule has 0 saturated heterocycles. The van der Waals surface area contributed by atoms with Crippen LogP contribution in [0.5, 0.6) is 0 Å². The van der Waals surface area contributed by atoms with E-state index in [-0.39, 0.29) is 24.2 Å². The van der Waals surface area contributed by atoms with Crippen LogP contribution in [0.15, 0.2) is 16.9 Å². The van der Waals surface area contributed by atoms with E-state index >= 15 is 0 Å². The molecule has 14 heavy (non-hydrogen) atoms. The molecule has 1 heterocycles. The van der Waals surface area contributed by atoms with Gasteiger partial charge in [-0.1, -0.05) is 0 Å². The number of nitrogens with two attached hydrogens (primary N) is 1. The number of hydrogen-bond donors (Lipinski definition) is 4. The lowest BCUT2D eigenvalue weighted by Gasteiger charge is -2.15. The van der Waals surface area contributed by atoms with Gasteiger partial charge in [-0.3, -0.25) is 4.79 Å². The molecule has 0 aliphatic rings. The van der Waals surface area contributed by atoms with Gasteiger partial charge in [-0.2, -0.15) is 5.10 Å². The summed E-state index contributed by atoms with van der Waals surface area (Å²) < 4.78 is 0. The second-order valence-electron chi connectivity index (χ2n) is 2.94. The average molecular weight is 199 g/mol. The van der Waals surface area contributed by atoms with Crippen molar-refractivity contribution in [3.8, 4) is 0 Å². The van der Waals surface area contributed by atoms with Gasteiger partial charge in [0.25, 0.3) is 5.56 Å². The first kappa shape index (κ1) is 10.8. The molecule has 2 unspecified atom stereocenters. The standard InChI is InChI=1S/C8H13N3O3/c9-4-3-6(12)8(14)5-1-2-7(13)11-10-5/h1-2,6,8,12,14H,3-4,9H2,(H,11,13). The SMILES string of the molecule is NCCC(O)C(O)c1ccc(=O)[nH]n1. The largest absolute Gasteiger partial charge is 0.390 e. The Morgan fingerprint density at radius 1 is 1.50 bits per heavy atom. The van der Waals surface area contributed by atoms with Gasteiger partial charge in [0, 0.05) is 6.07 Å². The Bertz CT molecular complexity index is 318. The number of aromatic amines is 1. The van der Waals surface area contributed by atoms with Crippen molar-refractivity contribution in [1.82, 2.24) is 10.2 Å². The molecule has 0 fully saturated rings. The molecule has 6 heteroatoms. The minimum absolute atomic E-state index is 0.227. The number of rotatable bonds is 4. The Morgan fingerprint density at radius 2 is 2.21 bits per heavy atom. The lowest BCUT2D eigenvalue weighted by Crippen LogP contribution is -2.23. The van der Waals surface area contributed by atoms with E-state index in [9.17, 15) is 15.0 Å². The summed E-state index contributed by atoms with van der Waals surface area (Å²) in [6.45, 7) is 0.279. The van der Waals surface area contributed by atoms with Crippen molar-refractivity contribution in [2.24, 2.45) is 5.73 Å². The predicted octanol–water partition coefficient (Wildman–Crippen LogP) is -1.49. The molecule has 0 aliphatic carbocycles. The summed E-state index contributed by atoms with van der Waals surface area (Å²) in [5.41, 5.74) is 5.09. The van der Waals surface area contributed by atoms with E-state index in [1.54, 1.807) is 0 Å². The number of aromatic nitrogens is 2. The van der Waals surface area contributed by atoms with Gasteiger partial charge in [0.15, 0.2) is 0 Å².